The van der Waals surface area contributed by atoms with Crippen molar-refractivity contribution in [2.24, 2.45) is 0 Å². The summed E-state index contributed by atoms with van der Waals surface area (Å²) in [6.45, 7) is 9.36. The number of methoxy groups -OCH3 is 1. The predicted molar refractivity (Wildman–Crippen MR) is 133 cm³/mol. The van der Waals surface area contributed by atoms with Gasteiger partial charge in [0.15, 0.2) is 0 Å². The van der Waals surface area contributed by atoms with Crippen LogP contribution in [-0.4, -0.2) is 64.3 Å². The zero-order chi connectivity index (χ0) is 25.3. The standard InChI is InChI=1S/C25H29N5O5/c1-16-15-28(24(31)35-25(2,3)4)10-11-29(16)21-8-9-26-20-7-6-17(12-19(20)21)18-13-22(30(32)33)23(34-5)27-14-18/h6-9,12-14,16H,10-11,15H2,1-5H3/t16-/m0/s1. The first-order valence-corrected chi connectivity index (χ1v) is 11.4. The van der Waals surface area contributed by atoms with Gasteiger partial charge >= 0.3 is 11.8 Å². The molecule has 1 aliphatic heterocycles. The molecule has 0 bridgehead atoms. The molecule has 0 spiro atoms. The van der Waals surface area contributed by atoms with E-state index in [9.17, 15) is 14.9 Å². The van der Waals surface area contributed by atoms with Gasteiger partial charge in [-0.3, -0.25) is 15.1 Å². The molecule has 3 aromatic rings. The Hall–Kier alpha value is -3.95. The van der Waals surface area contributed by atoms with E-state index in [1.807, 2.05) is 45.0 Å². The monoisotopic (exact) mass is 479 g/mol. The number of ether oxygens (including phenoxy) is 2. The number of amides is 1. The van der Waals surface area contributed by atoms with E-state index in [0.717, 1.165) is 22.2 Å². The van der Waals surface area contributed by atoms with Crippen LogP contribution in [-0.2, 0) is 4.74 Å². The number of aromatic nitrogens is 2. The van der Waals surface area contributed by atoms with Gasteiger partial charge in [0.25, 0.3) is 5.88 Å². The maximum Gasteiger partial charge on any atom is 0.410 e. The zero-order valence-electron chi connectivity index (χ0n) is 20.5. The molecular formula is C25H29N5O5. The number of nitro groups is 1. The van der Waals surface area contributed by atoms with Crippen LogP contribution in [0.2, 0.25) is 0 Å². The van der Waals surface area contributed by atoms with E-state index in [0.29, 0.717) is 25.2 Å². The summed E-state index contributed by atoms with van der Waals surface area (Å²) in [5.41, 5.74) is 2.46. The van der Waals surface area contributed by atoms with Crippen LogP contribution in [0.15, 0.2) is 42.7 Å². The SMILES string of the molecule is COc1ncc(-c2ccc3nccc(N4CCN(C(=O)OC(C)(C)C)C[C@@H]4C)c3c2)cc1[N+](=O)[O-]. The molecule has 10 heteroatoms. The van der Waals surface area contributed by atoms with Gasteiger partial charge in [-0.1, -0.05) is 6.07 Å². The lowest BCUT2D eigenvalue weighted by molar-refractivity contribution is -0.386. The molecule has 1 fully saturated rings. The zero-order valence-corrected chi connectivity index (χ0v) is 20.5. The number of benzene rings is 1. The van der Waals surface area contributed by atoms with Gasteiger partial charge in [0, 0.05) is 60.8 Å². The van der Waals surface area contributed by atoms with Crippen LogP contribution < -0.4 is 9.64 Å². The van der Waals surface area contributed by atoms with Crippen LogP contribution in [0.3, 0.4) is 0 Å². The molecule has 2 aromatic heterocycles. The van der Waals surface area contributed by atoms with Crippen molar-refractivity contribution in [3.63, 3.8) is 0 Å². The highest BCUT2D eigenvalue weighted by atomic mass is 16.6. The fraction of sp³-hybridized carbons (Fsp3) is 0.400. The Kier molecular flexibility index (Phi) is 6.47. The van der Waals surface area contributed by atoms with Crippen LogP contribution in [0, 0.1) is 10.1 Å². The Balaban J connectivity index is 1.65. The third-order valence-electron chi connectivity index (χ3n) is 5.86. The molecule has 1 saturated heterocycles. The van der Waals surface area contributed by atoms with E-state index in [1.165, 1.54) is 13.2 Å². The highest BCUT2D eigenvalue weighted by Crippen LogP contribution is 2.34. The van der Waals surface area contributed by atoms with Crippen molar-refractivity contribution < 1.29 is 19.2 Å². The second kappa shape index (κ2) is 9.36. The van der Waals surface area contributed by atoms with Crippen molar-refractivity contribution in [1.29, 1.82) is 0 Å². The number of rotatable bonds is 4. The van der Waals surface area contributed by atoms with E-state index >= 15 is 0 Å². The molecule has 4 rings (SSSR count). The molecule has 0 saturated carbocycles. The number of hydrogen-bond donors (Lipinski definition) is 0. The largest absolute Gasteiger partial charge is 0.476 e. The van der Waals surface area contributed by atoms with Gasteiger partial charge < -0.3 is 19.3 Å². The lowest BCUT2D eigenvalue weighted by Gasteiger charge is -2.41. The molecule has 35 heavy (non-hydrogen) atoms. The Labute approximate surface area is 203 Å². The Morgan fingerprint density at radius 1 is 1.14 bits per heavy atom. The maximum atomic E-state index is 12.5. The number of anilines is 1. The fourth-order valence-corrected chi connectivity index (χ4v) is 4.26. The van der Waals surface area contributed by atoms with E-state index in [-0.39, 0.29) is 23.7 Å². The number of carbonyl (C=O) groups is 1. The van der Waals surface area contributed by atoms with Crippen molar-refractivity contribution >= 4 is 28.4 Å². The van der Waals surface area contributed by atoms with Crippen molar-refractivity contribution in [3.05, 3.63) is 52.8 Å². The average Bonchev–Trinajstić information content (AvgIpc) is 2.82. The quantitative estimate of drug-likeness (QED) is 0.392. The molecule has 3 heterocycles. The smallest absolute Gasteiger partial charge is 0.410 e. The van der Waals surface area contributed by atoms with Crippen LogP contribution in [0.25, 0.3) is 22.0 Å². The van der Waals surface area contributed by atoms with Gasteiger partial charge in [-0.2, -0.15) is 0 Å². The van der Waals surface area contributed by atoms with Crippen LogP contribution in [0.4, 0.5) is 16.2 Å². The highest BCUT2D eigenvalue weighted by Gasteiger charge is 2.30. The molecule has 1 aromatic carbocycles. The van der Waals surface area contributed by atoms with Crippen molar-refractivity contribution in [1.82, 2.24) is 14.9 Å². The second-order valence-electron chi connectivity index (χ2n) is 9.54. The lowest BCUT2D eigenvalue weighted by atomic mass is 10.0. The number of pyridine rings is 2. The molecule has 0 unspecified atom stereocenters. The topological polar surface area (TPSA) is 111 Å². The molecule has 1 amide bonds. The number of piperazine rings is 1. The second-order valence-corrected chi connectivity index (χ2v) is 9.54. The molecule has 1 aliphatic rings. The minimum Gasteiger partial charge on any atom is -0.476 e. The lowest BCUT2D eigenvalue weighted by Crippen LogP contribution is -2.54. The van der Waals surface area contributed by atoms with Crippen molar-refractivity contribution in [3.8, 4) is 17.0 Å². The fourth-order valence-electron chi connectivity index (χ4n) is 4.26. The first kappa shape index (κ1) is 24.2. The summed E-state index contributed by atoms with van der Waals surface area (Å²) >= 11 is 0. The molecule has 0 N–H and O–H groups in total. The van der Waals surface area contributed by atoms with E-state index in [2.05, 4.69) is 21.8 Å². The van der Waals surface area contributed by atoms with Crippen molar-refractivity contribution in [2.75, 3.05) is 31.6 Å². The minimum atomic E-state index is -0.541. The first-order valence-electron chi connectivity index (χ1n) is 11.4. The Bertz CT molecular complexity index is 1270. The van der Waals surface area contributed by atoms with Crippen LogP contribution >= 0.6 is 0 Å². The third kappa shape index (κ3) is 5.11. The number of nitrogens with zero attached hydrogens (tertiary/aromatic N) is 5. The summed E-state index contributed by atoms with van der Waals surface area (Å²) in [5.74, 6) is -0.0291. The van der Waals surface area contributed by atoms with Gasteiger partial charge in [0.2, 0.25) is 0 Å². The highest BCUT2D eigenvalue weighted by molar-refractivity contribution is 5.95. The average molecular weight is 480 g/mol. The maximum absolute atomic E-state index is 12.5. The van der Waals surface area contributed by atoms with Gasteiger partial charge in [-0.05, 0) is 51.5 Å². The Morgan fingerprint density at radius 3 is 2.57 bits per heavy atom. The van der Waals surface area contributed by atoms with E-state index in [4.69, 9.17) is 9.47 Å². The number of carbonyl (C=O) groups excluding carboxylic acids is 1. The molecule has 184 valence electrons. The minimum absolute atomic E-state index is 0.0291. The molecule has 0 aliphatic carbocycles. The Morgan fingerprint density at radius 2 is 1.91 bits per heavy atom. The third-order valence-corrected chi connectivity index (χ3v) is 5.86. The van der Waals surface area contributed by atoms with Crippen molar-refractivity contribution in [2.45, 2.75) is 39.3 Å². The van der Waals surface area contributed by atoms with Crippen LogP contribution in [0.1, 0.15) is 27.7 Å². The van der Waals surface area contributed by atoms with Gasteiger partial charge in [-0.25, -0.2) is 9.78 Å². The summed E-state index contributed by atoms with van der Waals surface area (Å²) in [6.07, 6.45) is 3.02. The van der Waals surface area contributed by atoms with Gasteiger partial charge in [0.1, 0.15) is 5.60 Å². The van der Waals surface area contributed by atoms with E-state index < -0.39 is 10.5 Å². The predicted octanol–water partition coefficient (Wildman–Crippen LogP) is 4.66. The summed E-state index contributed by atoms with van der Waals surface area (Å²) < 4.78 is 10.6. The molecule has 1 atom stereocenters. The molecule has 10 nitrogen and oxygen atoms in total. The van der Waals surface area contributed by atoms with Crippen LogP contribution in [0.5, 0.6) is 5.88 Å². The molecule has 0 radical (unpaired) electrons. The normalized spacial score (nSPS) is 16.3. The van der Waals surface area contributed by atoms with Gasteiger partial charge in [0.05, 0.1) is 17.5 Å². The number of fused-ring (bicyclic) bond motifs is 1. The summed E-state index contributed by atoms with van der Waals surface area (Å²) in [6, 6.07) is 9.21. The van der Waals surface area contributed by atoms with E-state index in [1.54, 1.807) is 17.3 Å². The van der Waals surface area contributed by atoms with Gasteiger partial charge in [-0.15, -0.1) is 0 Å². The summed E-state index contributed by atoms with van der Waals surface area (Å²) in [5, 5.41) is 12.4. The number of hydrogen-bond acceptors (Lipinski definition) is 8. The first-order chi connectivity index (χ1) is 16.6. The summed E-state index contributed by atoms with van der Waals surface area (Å²) in [7, 11) is 1.35. The molecular weight excluding hydrogens is 450 g/mol. The summed E-state index contributed by atoms with van der Waals surface area (Å²) in [4.78, 5) is 36.1.